The van der Waals surface area contributed by atoms with E-state index in [-0.39, 0.29) is 6.04 Å². The fraction of sp³-hybridized carbons (Fsp3) is 0.625. The number of hydrogen-bond acceptors (Lipinski definition) is 2. The van der Waals surface area contributed by atoms with E-state index in [1.165, 1.54) is 6.07 Å². The summed E-state index contributed by atoms with van der Waals surface area (Å²) >= 11 is 0. The zero-order valence-electron chi connectivity index (χ0n) is 12.0. The molecular weight excluding hydrogens is 260 g/mol. The quantitative estimate of drug-likeness (QED) is 0.817. The van der Waals surface area contributed by atoms with Crippen molar-refractivity contribution in [1.29, 1.82) is 0 Å². The topological polar surface area (TPSA) is 21.3 Å². The first-order valence-electron chi connectivity index (χ1n) is 7.50. The summed E-state index contributed by atoms with van der Waals surface area (Å²) in [4.78, 5) is 0. The Morgan fingerprint density at radius 2 is 2.25 bits per heavy atom. The van der Waals surface area contributed by atoms with Crippen molar-refractivity contribution in [2.45, 2.75) is 51.2 Å². The molecule has 0 radical (unpaired) electrons. The number of ether oxygens (including phenoxy) is 1. The molecule has 1 fully saturated rings. The van der Waals surface area contributed by atoms with Gasteiger partial charge in [-0.2, -0.15) is 0 Å². The van der Waals surface area contributed by atoms with Crippen molar-refractivity contribution in [3.05, 3.63) is 35.4 Å². The van der Waals surface area contributed by atoms with Gasteiger partial charge in [-0.3, -0.25) is 0 Å². The third kappa shape index (κ3) is 4.25. The normalized spacial score (nSPS) is 20.2. The molecule has 0 bridgehead atoms. The Hall–Kier alpha value is -1.00. The van der Waals surface area contributed by atoms with Gasteiger partial charge in [-0.05, 0) is 44.7 Å². The average molecular weight is 283 g/mol. The minimum Gasteiger partial charge on any atom is -0.378 e. The van der Waals surface area contributed by atoms with Gasteiger partial charge in [-0.1, -0.05) is 13.0 Å². The van der Waals surface area contributed by atoms with Crippen molar-refractivity contribution in [3.8, 4) is 0 Å². The summed E-state index contributed by atoms with van der Waals surface area (Å²) in [5.41, 5.74) is 0.554. The second-order valence-corrected chi connectivity index (χ2v) is 5.38. The van der Waals surface area contributed by atoms with Gasteiger partial charge in [0.2, 0.25) is 0 Å². The second-order valence-electron chi connectivity index (χ2n) is 5.38. The van der Waals surface area contributed by atoms with Gasteiger partial charge in [-0.25, -0.2) is 8.78 Å². The Kier molecular flexibility index (Phi) is 5.92. The van der Waals surface area contributed by atoms with E-state index >= 15 is 0 Å². The van der Waals surface area contributed by atoms with Crippen LogP contribution in [0.5, 0.6) is 0 Å². The van der Waals surface area contributed by atoms with Gasteiger partial charge in [0.25, 0.3) is 0 Å². The van der Waals surface area contributed by atoms with E-state index in [4.69, 9.17) is 4.74 Å². The molecule has 2 unspecified atom stereocenters. The molecular formula is C16H23F2NO. The van der Waals surface area contributed by atoms with Crippen molar-refractivity contribution in [2.24, 2.45) is 0 Å². The van der Waals surface area contributed by atoms with Crippen LogP contribution in [0.2, 0.25) is 0 Å². The van der Waals surface area contributed by atoms with Crippen molar-refractivity contribution in [1.82, 2.24) is 5.32 Å². The maximum absolute atomic E-state index is 13.9. The maximum atomic E-state index is 13.9. The molecule has 20 heavy (non-hydrogen) atoms. The van der Waals surface area contributed by atoms with Crippen molar-refractivity contribution in [3.63, 3.8) is 0 Å². The molecule has 0 amide bonds. The molecule has 4 heteroatoms. The van der Waals surface area contributed by atoms with Crippen LogP contribution in [-0.2, 0) is 4.74 Å². The van der Waals surface area contributed by atoms with E-state index in [1.807, 2.05) is 0 Å². The first-order valence-corrected chi connectivity index (χ1v) is 7.50. The van der Waals surface area contributed by atoms with Crippen LogP contribution in [0.4, 0.5) is 8.78 Å². The predicted molar refractivity (Wildman–Crippen MR) is 75.6 cm³/mol. The van der Waals surface area contributed by atoms with Gasteiger partial charge in [0.15, 0.2) is 0 Å². The summed E-state index contributed by atoms with van der Waals surface area (Å²) in [5.74, 6) is -0.995. The zero-order valence-corrected chi connectivity index (χ0v) is 12.0. The molecule has 0 aliphatic carbocycles. The lowest BCUT2D eigenvalue weighted by atomic mass is 9.98. The van der Waals surface area contributed by atoms with Gasteiger partial charge in [0.05, 0.1) is 6.10 Å². The van der Waals surface area contributed by atoms with E-state index in [1.54, 1.807) is 6.07 Å². The summed E-state index contributed by atoms with van der Waals surface area (Å²) in [7, 11) is 0. The SMILES string of the molecule is CCCNC(CCC1CCCO1)c1ccc(F)cc1F. The molecule has 1 aliphatic heterocycles. The van der Waals surface area contributed by atoms with Crippen LogP contribution >= 0.6 is 0 Å². The van der Waals surface area contributed by atoms with Crippen LogP contribution in [0.3, 0.4) is 0 Å². The third-order valence-corrected chi connectivity index (χ3v) is 3.78. The van der Waals surface area contributed by atoms with Gasteiger partial charge < -0.3 is 10.1 Å². The summed E-state index contributed by atoms with van der Waals surface area (Å²) in [5, 5.41) is 3.35. The minimum atomic E-state index is -0.528. The highest BCUT2D eigenvalue weighted by Gasteiger charge is 2.20. The van der Waals surface area contributed by atoms with Gasteiger partial charge in [-0.15, -0.1) is 0 Å². The largest absolute Gasteiger partial charge is 0.378 e. The smallest absolute Gasteiger partial charge is 0.130 e. The maximum Gasteiger partial charge on any atom is 0.130 e. The molecule has 0 saturated carbocycles. The Morgan fingerprint density at radius 1 is 1.40 bits per heavy atom. The first kappa shape index (κ1) is 15.4. The Balaban J connectivity index is 2.01. The molecule has 2 atom stereocenters. The van der Waals surface area contributed by atoms with Crippen LogP contribution in [0, 0.1) is 11.6 Å². The average Bonchev–Trinajstić information content (AvgIpc) is 2.93. The monoisotopic (exact) mass is 283 g/mol. The number of halogens is 2. The molecule has 1 N–H and O–H groups in total. The number of benzene rings is 1. The standard InChI is InChI=1S/C16H23F2NO/c1-2-9-19-16(8-6-13-4-3-10-20-13)14-7-5-12(17)11-15(14)18/h5,7,11,13,16,19H,2-4,6,8-10H2,1H3. The number of hydrogen-bond donors (Lipinski definition) is 1. The Morgan fingerprint density at radius 3 is 2.90 bits per heavy atom. The van der Waals surface area contributed by atoms with Crippen LogP contribution in [0.25, 0.3) is 0 Å². The highest BCUT2D eigenvalue weighted by atomic mass is 19.1. The van der Waals surface area contributed by atoms with Crippen molar-refractivity contribution >= 4 is 0 Å². The van der Waals surface area contributed by atoms with E-state index in [9.17, 15) is 8.78 Å². The third-order valence-electron chi connectivity index (χ3n) is 3.78. The molecule has 1 aromatic carbocycles. The van der Waals surface area contributed by atoms with Crippen LogP contribution in [0.1, 0.15) is 50.6 Å². The van der Waals surface area contributed by atoms with Gasteiger partial charge in [0.1, 0.15) is 11.6 Å². The van der Waals surface area contributed by atoms with Gasteiger partial charge in [0, 0.05) is 24.3 Å². The van der Waals surface area contributed by atoms with E-state index < -0.39 is 11.6 Å². The fourth-order valence-corrected chi connectivity index (χ4v) is 2.69. The highest BCUT2D eigenvalue weighted by Crippen LogP contribution is 2.26. The molecule has 1 aliphatic rings. The first-order chi connectivity index (χ1) is 9.70. The molecule has 1 saturated heterocycles. The molecule has 112 valence electrons. The lowest BCUT2D eigenvalue weighted by Crippen LogP contribution is -2.24. The van der Waals surface area contributed by atoms with E-state index in [2.05, 4.69) is 12.2 Å². The lowest BCUT2D eigenvalue weighted by molar-refractivity contribution is 0.0994. The molecule has 2 rings (SSSR count). The molecule has 0 aromatic heterocycles. The fourth-order valence-electron chi connectivity index (χ4n) is 2.69. The van der Waals surface area contributed by atoms with E-state index in [0.29, 0.717) is 11.7 Å². The van der Waals surface area contributed by atoms with Crippen LogP contribution < -0.4 is 5.32 Å². The minimum absolute atomic E-state index is 0.0697. The number of rotatable bonds is 7. The molecule has 0 spiro atoms. The summed E-state index contributed by atoms with van der Waals surface area (Å²) in [6, 6.07) is 3.76. The van der Waals surface area contributed by atoms with Crippen LogP contribution in [-0.4, -0.2) is 19.3 Å². The second kappa shape index (κ2) is 7.70. The Bertz CT molecular complexity index is 419. The van der Waals surface area contributed by atoms with Crippen molar-refractivity contribution < 1.29 is 13.5 Å². The van der Waals surface area contributed by atoms with Crippen LogP contribution in [0.15, 0.2) is 18.2 Å². The van der Waals surface area contributed by atoms with Gasteiger partial charge >= 0.3 is 0 Å². The highest BCUT2D eigenvalue weighted by molar-refractivity contribution is 5.22. The Labute approximate surface area is 119 Å². The summed E-state index contributed by atoms with van der Waals surface area (Å²) in [6.45, 7) is 3.74. The summed E-state index contributed by atoms with van der Waals surface area (Å²) in [6.07, 6.45) is 5.21. The predicted octanol–water partition coefficient (Wildman–Crippen LogP) is 3.96. The van der Waals surface area contributed by atoms with Crippen molar-refractivity contribution in [2.75, 3.05) is 13.2 Å². The summed E-state index contributed by atoms with van der Waals surface area (Å²) < 4.78 is 32.5. The number of nitrogens with one attached hydrogen (secondary N) is 1. The molecule has 1 aromatic rings. The van der Waals surface area contributed by atoms with E-state index in [0.717, 1.165) is 51.3 Å². The molecule has 1 heterocycles. The lowest BCUT2D eigenvalue weighted by Gasteiger charge is -2.21. The zero-order chi connectivity index (χ0) is 14.4. The molecule has 2 nitrogen and oxygen atoms in total.